The fourth-order valence-electron chi connectivity index (χ4n) is 2.49. The molecule has 2 aromatic heterocycles. The monoisotopic (exact) mass is 307 g/mol. The first-order valence-corrected chi connectivity index (χ1v) is 7.45. The second-order valence-corrected chi connectivity index (χ2v) is 5.99. The quantitative estimate of drug-likeness (QED) is 0.942. The number of nitrogens with zero attached hydrogens (tertiary/aromatic N) is 4. The second-order valence-electron chi connectivity index (χ2n) is 5.58. The Morgan fingerprint density at radius 2 is 2.24 bits per heavy atom. The van der Waals surface area contributed by atoms with Crippen LogP contribution < -0.4 is 10.9 Å². The maximum absolute atomic E-state index is 12.5. The summed E-state index contributed by atoms with van der Waals surface area (Å²) in [5.74, 6) is 0.560. The molecule has 3 rings (SSSR count). The van der Waals surface area contributed by atoms with Crippen LogP contribution in [-0.4, -0.2) is 19.6 Å². The zero-order chi connectivity index (χ0) is 15.0. The molecule has 6 nitrogen and oxygen atoms in total. The van der Waals surface area contributed by atoms with E-state index in [4.69, 9.17) is 11.6 Å². The van der Waals surface area contributed by atoms with E-state index in [2.05, 4.69) is 15.5 Å². The normalized spacial score (nSPS) is 15.0. The molecule has 0 amide bonds. The first-order chi connectivity index (χ1) is 10.0. The van der Waals surface area contributed by atoms with Crippen LogP contribution in [0, 0.1) is 12.8 Å². The van der Waals surface area contributed by atoms with Crippen molar-refractivity contribution in [2.45, 2.75) is 32.7 Å². The zero-order valence-corrected chi connectivity index (χ0v) is 12.9. The van der Waals surface area contributed by atoms with Crippen molar-refractivity contribution in [2.24, 2.45) is 13.0 Å². The molecule has 0 bridgehead atoms. The number of halogens is 1. The van der Waals surface area contributed by atoms with Crippen molar-refractivity contribution in [3.8, 4) is 0 Å². The Morgan fingerprint density at radius 1 is 1.48 bits per heavy atom. The van der Waals surface area contributed by atoms with E-state index < -0.39 is 0 Å². The lowest BCUT2D eigenvalue weighted by atomic mass is 9.85. The Kier molecular flexibility index (Phi) is 3.71. The molecule has 21 heavy (non-hydrogen) atoms. The molecule has 0 spiro atoms. The molecule has 0 unspecified atom stereocenters. The molecule has 1 fully saturated rings. The van der Waals surface area contributed by atoms with E-state index in [0.717, 1.165) is 11.4 Å². The molecule has 0 radical (unpaired) electrons. The molecule has 1 aliphatic carbocycles. The first-order valence-electron chi connectivity index (χ1n) is 7.07. The van der Waals surface area contributed by atoms with Gasteiger partial charge in [-0.25, -0.2) is 4.68 Å². The highest BCUT2D eigenvalue weighted by molar-refractivity contribution is 6.33. The fraction of sp³-hybridized carbons (Fsp3) is 0.500. The molecule has 0 saturated heterocycles. The zero-order valence-electron chi connectivity index (χ0n) is 12.1. The Balaban J connectivity index is 1.91. The minimum atomic E-state index is -0.183. The van der Waals surface area contributed by atoms with Gasteiger partial charge in [0.05, 0.1) is 22.6 Å². The maximum Gasteiger partial charge on any atom is 0.291 e. The smallest absolute Gasteiger partial charge is 0.291 e. The average molecular weight is 308 g/mol. The van der Waals surface area contributed by atoms with Gasteiger partial charge in [0, 0.05) is 19.8 Å². The van der Waals surface area contributed by atoms with E-state index in [0.29, 0.717) is 23.2 Å². The summed E-state index contributed by atoms with van der Waals surface area (Å²) >= 11 is 6.13. The maximum atomic E-state index is 12.5. The average Bonchev–Trinajstić information content (AvgIpc) is 2.70. The van der Waals surface area contributed by atoms with Gasteiger partial charge >= 0.3 is 0 Å². The molecule has 2 heterocycles. The predicted molar refractivity (Wildman–Crippen MR) is 82.1 cm³/mol. The Hall–Kier alpha value is -1.82. The van der Waals surface area contributed by atoms with E-state index in [1.807, 2.05) is 20.2 Å². The van der Waals surface area contributed by atoms with Crippen LogP contribution in [0.25, 0.3) is 0 Å². The molecule has 112 valence electrons. The Morgan fingerprint density at radius 3 is 2.81 bits per heavy atom. The summed E-state index contributed by atoms with van der Waals surface area (Å²) in [6.07, 6.45) is 6.92. The van der Waals surface area contributed by atoms with Crippen molar-refractivity contribution in [1.82, 2.24) is 19.6 Å². The van der Waals surface area contributed by atoms with Crippen LogP contribution >= 0.6 is 11.6 Å². The summed E-state index contributed by atoms with van der Waals surface area (Å²) in [6, 6.07) is 0. The third-order valence-electron chi connectivity index (χ3n) is 3.93. The third-order valence-corrected chi connectivity index (χ3v) is 4.21. The topological polar surface area (TPSA) is 64.7 Å². The van der Waals surface area contributed by atoms with Gasteiger partial charge in [0.1, 0.15) is 5.69 Å². The van der Waals surface area contributed by atoms with Gasteiger partial charge in [0.25, 0.3) is 5.56 Å². The van der Waals surface area contributed by atoms with Gasteiger partial charge in [0.15, 0.2) is 0 Å². The minimum absolute atomic E-state index is 0.183. The summed E-state index contributed by atoms with van der Waals surface area (Å²) in [5, 5.41) is 11.8. The summed E-state index contributed by atoms with van der Waals surface area (Å²) in [5.41, 5.74) is 1.77. The number of hydrogen-bond acceptors (Lipinski definition) is 4. The molecule has 2 aromatic rings. The van der Waals surface area contributed by atoms with Gasteiger partial charge in [-0.15, -0.1) is 0 Å². The van der Waals surface area contributed by atoms with Crippen molar-refractivity contribution in [3.63, 3.8) is 0 Å². The van der Waals surface area contributed by atoms with Crippen molar-refractivity contribution in [2.75, 3.05) is 5.32 Å². The van der Waals surface area contributed by atoms with Gasteiger partial charge in [0.2, 0.25) is 0 Å². The fourth-order valence-corrected chi connectivity index (χ4v) is 2.66. The molecular formula is C14H18ClN5O. The number of aryl methyl sites for hydroxylation is 2. The molecule has 1 N–H and O–H groups in total. The molecule has 1 saturated carbocycles. The number of nitrogens with one attached hydrogen (secondary N) is 1. The van der Waals surface area contributed by atoms with E-state index in [1.165, 1.54) is 30.1 Å². The van der Waals surface area contributed by atoms with E-state index >= 15 is 0 Å². The predicted octanol–water partition coefficient (Wildman–Crippen LogP) is 2.48. The van der Waals surface area contributed by atoms with Crippen LogP contribution in [0.5, 0.6) is 0 Å². The van der Waals surface area contributed by atoms with Crippen LogP contribution in [-0.2, 0) is 13.6 Å². The largest absolute Gasteiger partial charge is 0.347 e. The SMILES string of the molecule is Cc1nn(C)cc1Nc1c(Cl)cnn(CC2CCC2)c1=O. The van der Waals surface area contributed by atoms with Gasteiger partial charge < -0.3 is 5.32 Å². The van der Waals surface area contributed by atoms with Gasteiger partial charge in [-0.05, 0) is 25.7 Å². The van der Waals surface area contributed by atoms with Crippen LogP contribution in [0.2, 0.25) is 5.02 Å². The van der Waals surface area contributed by atoms with Gasteiger partial charge in [-0.2, -0.15) is 10.2 Å². The van der Waals surface area contributed by atoms with Gasteiger partial charge in [-0.3, -0.25) is 9.48 Å². The van der Waals surface area contributed by atoms with E-state index in [1.54, 1.807) is 4.68 Å². The molecule has 1 aliphatic rings. The number of anilines is 2. The van der Waals surface area contributed by atoms with E-state index in [9.17, 15) is 4.79 Å². The van der Waals surface area contributed by atoms with Crippen LogP contribution in [0.4, 0.5) is 11.4 Å². The third kappa shape index (κ3) is 2.81. The summed E-state index contributed by atoms with van der Waals surface area (Å²) < 4.78 is 3.20. The van der Waals surface area contributed by atoms with Gasteiger partial charge in [-0.1, -0.05) is 18.0 Å². The number of aromatic nitrogens is 4. The highest BCUT2D eigenvalue weighted by Crippen LogP contribution is 2.28. The standard InChI is InChI=1S/C14H18ClN5O/c1-9-12(8-19(2)18-9)17-13-11(15)6-16-20(14(13)21)7-10-4-3-5-10/h6,8,10,17H,3-5,7H2,1-2H3. The molecular weight excluding hydrogens is 290 g/mol. The van der Waals surface area contributed by atoms with Crippen LogP contribution in [0.1, 0.15) is 25.0 Å². The molecule has 0 aromatic carbocycles. The lowest BCUT2D eigenvalue weighted by molar-refractivity contribution is 0.262. The Bertz CT molecular complexity index is 717. The van der Waals surface area contributed by atoms with E-state index in [-0.39, 0.29) is 5.56 Å². The number of rotatable bonds is 4. The van der Waals surface area contributed by atoms with Crippen LogP contribution in [0.3, 0.4) is 0 Å². The molecule has 0 atom stereocenters. The minimum Gasteiger partial charge on any atom is -0.347 e. The summed E-state index contributed by atoms with van der Waals surface area (Å²) in [7, 11) is 1.83. The first kappa shape index (κ1) is 14.1. The lowest BCUT2D eigenvalue weighted by Crippen LogP contribution is -2.30. The lowest BCUT2D eigenvalue weighted by Gasteiger charge is -2.25. The van der Waals surface area contributed by atoms with Crippen LogP contribution in [0.15, 0.2) is 17.2 Å². The van der Waals surface area contributed by atoms with Crippen molar-refractivity contribution >= 4 is 23.0 Å². The highest BCUT2D eigenvalue weighted by Gasteiger charge is 2.20. The van der Waals surface area contributed by atoms with Crippen molar-refractivity contribution < 1.29 is 0 Å². The molecule has 7 heteroatoms. The Labute approximate surface area is 127 Å². The van der Waals surface area contributed by atoms with Crippen molar-refractivity contribution in [3.05, 3.63) is 33.5 Å². The summed E-state index contributed by atoms with van der Waals surface area (Å²) in [4.78, 5) is 12.5. The summed E-state index contributed by atoms with van der Waals surface area (Å²) in [6.45, 7) is 2.54. The second kappa shape index (κ2) is 5.52. The number of hydrogen-bond donors (Lipinski definition) is 1. The van der Waals surface area contributed by atoms with Crippen molar-refractivity contribution in [1.29, 1.82) is 0 Å². The molecule has 0 aliphatic heterocycles. The highest BCUT2D eigenvalue weighted by atomic mass is 35.5.